The number of nitrogens with one attached hydrogen (secondary N) is 1. The molecular formula is C26H36N2O8S2. The fourth-order valence-corrected chi connectivity index (χ4v) is 7.46. The van der Waals surface area contributed by atoms with Crippen LogP contribution in [-0.4, -0.2) is 82.3 Å². The number of carbonyl (C=O) groups excluding carboxylic acids is 1. The fraction of sp³-hybridized carbons (Fsp3) is 0.500. The molecule has 1 fully saturated rings. The normalized spacial score (nSPS) is 18.7. The molecule has 0 saturated carbocycles. The average molecular weight is 569 g/mol. The number of benzene rings is 2. The molecule has 1 saturated heterocycles. The van der Waals surface area contributed by atoms with Crippen molar-refractivity contribution in [3.63, 3.8) is 0 Å². The van der Waals surface area contributed by atoms with Crippen LogP contribution in [0.3, 0.4) is 0 Å². The van der Waals surface area contributed by atoms with Gasteiger partial charge in [0.05, 0.1) is 35.7 Å². The molecule has 12 heteroatoms. The molecule has 0 aromatic heterocycles. The van der Waals surface area contributed by atoms with Gasteiger partial charge in [-0.25, -0.2) is 21.6 Å². The van der Waals surface area contributed by atoms with Gasteiger partial charge in [0.15, 0.2) is 9.84 Å². The van der Waals surface area contributed by atoms with E-state index in [2.05, 4.69) is 5.32 Å². The van der Waals surface area contributed by atoms with Crippen LogP contribution >= 0.6 is 0 Å². The highest BCUT2D eigenvalue weighted by molar-refractivity contribution is 7.91. The van der Waals surface area contributed by atoms with Crippen LogP contribution in [0.4, 0.5) is 4.79 Å². The number of amides is 1. The largest absolute Gasteiger partial charge is 0.497 e. The minimum atomic E-state index is -3.98. The molecule has 0 radical (unpaired) electrons. The summed E-state index contributed by atoms with van der Waals surface area (Å²) in [6.07, 6.45) is -2.49. The van der Waals surface area contributed by atoms with Gasteiger partial charge in [0.1, 0.15) is 11.9 Å². The van der Waals surface area contributed by atoms with E-state index in [0.717, 1.165) is 5.56 Å². The van der Waals surface area contributed by atoms with Crippen LogP contribution in [0, 0.1) is 5.92 Å². The molecule has 1 aliphatic heterocycles. The Kier molecular flexibility index (Phi) is 10.2. The van der Waals surface area contributed by atoms with Crippen molar-refractivity contribution in [2.45, 2.75) is 49.8 Å². The molecule has 1 heterocycles. The van der Waals surface area contributed by atoms with Gasteiger partial charge >= 0.3 is 6.09 Å². The third-order valence-electron chi connectivity index (χ3n) is 6.19. The Morgan fingerprint density at radius 1 is 1.11 bits per heavy atom. The van der Waals surface area contributed by atoms with E-state index in [4.69, 9.17) is 9.47 Å². The molecule has 0 spiro atoms. The van der Waals surface area contributed by atoms with Gasteiger partial charge in [-0.3, -0.25) is 0 Å². The van der Waals surface area contributed by atoms with Gasteiger partial charge in [-0.1, -0.05) is 44.2 Å². The summed E-state index contributed by atoms with van der Waals surface area (Å²) in [7, 11) is -5.73. The first-order chi connectivity index (χ1) is 17.9. The van der Waals surface area contributed by atoms with E-state index in [1.165, 1.54) is 23.5 Å². The van der Waals surface area contributed by atoms with Crippen molar-refractivity contribution >= 4 is 26.0 Å². The Morgan fingerprint density at radius 2 is 1.76 bits per heavy atom. The summed E-state index contributed by atoms with van der Waals surface area (Å²) in [5.41, 5.74) is 0.814. The summed E-state index contributed by atoms with van der Waals surface area (Å²) < 4.78 is 62.1. The van der Waals surface area contributed by atoms with Crippen molar-refractivity contribution in [3.05, 3.63) is 60.2 Å². The van der Waals surface area contributed by atoms with E-state index >= 15 is 0 Å². The first kappa shape index (κ1) is 29.9. The maximum Gasteiger partial charge on any atom is 0.407 e. The Hall–Kier alpha value is -2.67. The number of nitrogens with zero attached hydrogens (tertiary/aromatic N) is 1. The van der Waals surface area contributed by atoms with Crippen LogP contribution in [-0.2, 0) is 31.0 Å². The van der Waals surface area contributed by atoms with Crippen molar-refractivity contribution in [1.82, 2.24) is 9.62 Å². The van der Waals surface area contributed by atoms with E-state index in [0.29, 0.717) is 5.75 Å². The van der Waals surface area contributed by atoms with Gasteiger partial charge < -0.3 is 19.9 Å². The van der Waals surface area contributed by atoms with Crippen molar-refractivity contribution in [2.24, 2.45) is 5.92 Å². The Labute approximate surface area is 224 Å². The first-order valence-corrected chi connectivity index (χ1v) is 15.7. The number of hydrogen-bond donors (Lipinski definition) is 2. The predicted octanol–water partition coefficient (Wildman–Crippen LogP) is 2.23. The summed E-state index contributed by atoms with van der Waals surface area (Å²) in [6, 6.07) is 14.2. The quantitative estimate of drug-likeness (QED) is 0.397. The summed E-state index contributed by atoms with van der Waals surface area (Å²) in [6.45, 7) is 3.61. The second-order valence-corrected chi connectivity index (χ2v) is 14.0. The molecule has 38 heavy (non-hydrogen) atoms. The monoisotopic (exact) mass is 568 g/mol. The zero-order chi connectivity index (χ0) is 27.9. The summed E-state index contributed by atoms with van der Waals surface area (Å²) >= 11 is 0. The first-order valence-electron chi connectivity index (χ1n) is 12.4. The highest BCUT2D eigenvalue weighted by Crippen LogP contribution is 2.22. The Bertz CT molecular complexity index is 1270. The minimum absolute atomic E-state index is 0.0370. The predicted molar refractivity (Wildman–Crippen MR) is 143 cm³/mol. The maximum absolute atomic E-state index is 13.5. The van der Waals surface area contributed by atoms with Crippen LogP contribution in [0.15, 0.2) is 59.5 Å². The Morgan fingerprint density at radius 3 is 2.32 bits per heavy atom. The number of hydrogen-bond acceptors (Lipinski definition) is 8. The van der Waals surface area contributed by atoms with Gasteiger partial charge in [0.25, 0.3) is 0 Å². The minimum Gasteiger partial charge on any atom is -0.497 e. The van der Waals surface area contributed by atoms with Crippen LogP contribution in [0.1, 0.15) is 25.8 Å². The van der Waals surface area contributed by atoms with Gasteiger partial charge in [0, 0.05) is 13.1 Å². The summed E-state index contributed by atoms with van der Waals surface area (Å²) in [5.74, 6) is 0.188. The average Bonchev–Trinajstić information content (AvgIpc) is 3.21. The van der Waals surface area contributed by atoms with Gasteiger partial charge in [-0.05, 0) is 48.6 Å². The number of aliphatic hydroxyl groups excluding tert-OH is 1. The topological polar surface area (TPSA) is 139 Å². The number of carbonyl (C=O) groups is 1. The SMILES string of the molecule is COc1ccc(S(=O)(=O)N(CC(C)C)C[C@@H](O)C(Cc2ccccc2)NC(=O)O[C@H]2CCS(=O)(=O)C2)cc1. The van der Waals surface area contributed by atoms with Crippen molar-refractivity contribution < 1.29 is 36.2 Å². The third kappa shape index (κ3) is 8.42. The fourth-order valence-electron chi connectivity index (χ4n) is 4.25. The van der Waals surface area contributed by atoms with Gasteiger partial charge in [-0.2, -0.15) is 4.31 Å². The van der Waals surface area contributed by atoms with E-state index in [9.17, 15) is 26.7 Å². The zero-order valence-electron chi connectivity index (χ0n) is 21.8. The summed E-state index contributed by atoms with van der Waals surface area (Å²) in [4.78, 5) is 12.7. The zero-order valence-corrected chi connectivity index (χ0v) is 23.4. The molecule has 210 valence electrons. The lowest BCUT2D eigenvalue weighted by molar-refractivity contribution is 0.0768. The Balaban J connectivity index is 1.80. The maximum atomic E-state index is 13.5. The van der Waals surface area contributed by atoms with E-state index < -0.39 is 44.2 Å². The molecule has 1 amide bonds. The third-order valence-corrected chi connectivity index (χ3v) is 9.77. The molecule has 3 rings (SSSR count). The van der Waals surface area contributed by atoms with Crippen molar-refractivity contribution in [2.75, 3.05) is 31.7 Å². The molecule has 2 aromatic carbocycles. The number of rotatable bonds is 12. The highest BCUT2D eigenvalue weighted by atomic mass is 32.2. The lowest BCUT2D eigenvalue weighted by Crippen LogP contribution is -2.51. The number of aliphatic hydroxyl groups is 1. The summed E-state index contributed by atoms with van der Waals surface area (Å²) in [5, 5.41) is 13.9. The lowest BCUT2D eigenvalue weighted by atomic mass is 10.0. The number of sulfone groups is 1. The van der Waals surface area contributed by atoms with Crippen molar-refractivity contribution in [1.29, 1.82) is 0 Å². The van der Waals surface area contributed by atoms with Crippen molar-refractivity contribution in [3.8, 4) is 5.75 Å². The molecule has 1 unspecified atom stereocenters. The molecule has 0 bridgehead atoms. The smallest absolute Gasteiger partial charge is 0.407 e. The molecule has 3 atom stereocenters. The van der Waals surface area contributed by atoms with Gasteiger partial charge in [0.2, 0.25) is 10.0 Å². The molecule has 2 aromatic rings. The lowest BCUT2D eigenvalue weighted by Gasteiger charge is -2.30. The number of sulfonamides is 1. The molecule has 10 nitrogen and oxygen atoms in total. The standard InChI is InChI=1S/C26H36N2O8S2/c1-19(2)16-28(38(33,34)23-11-9-21(35-3)10-12-23)17-25(29)24(15-20-7-5-4-6-8-20)27-26(30)36-22-13-14-37(31,32)18-22/h4-12,19,22,24-25,29H,13-18H2,1-3H3,(H,27,30)/t22-,24?,25+/m0/s1. The second-order valence-electron chi connectivity index (χ2n) is 9.83. The highest BCUT2D eigenvalue weighted by Gasteiger charge is 2.34. The van der Waals surface area contributed by atoms with E-state index in [1.807, 2.05) is 44.2 Å². The molecule has 2 N–H and O–H groups in total. The number of alkyl carbamates (subject to hydrolysis) is 1. The van der Waals surface area contributed by atoms with Crippen LogP contribution < -0.4 is 10.1 Å². The number of ether oxygens (including phenoxy) is 2. The second kappa shape index (κ2) is 12.9. The van der Waals surface area contributed by atoms with Crippen LogP contribution in [0.5, 0.6) is 5.75 Å². The van der Waals surface area contributed by atoms with Gasteiger partial charge in [-0.15, -0.1) is 0 Å². The van der Waals surface area contributed by atoms with Crippen LogP contribution in [0.2, 0.25) is 0 Å². The van der Waals surface area contributed by atoms with Crippen LogP contribution in [0.25, 0.3) is 0 Å². The number of methoxy groups -OCH3 is 1. The molecule has 0 aliphatic carbocycles. The molecular weight excluding hydrogens is 532 g/mol. The molecule has 1 aliphatic rings. The van der Waals surface area contributed by atoms with E-state index in [1.54, 1.807) is 12.1 Å². The van der Waals surface area contributed by atoms with E-state index in [-0.39, 0.29) is 48.3 Å².